The van der Waals surface area contributed by atoms with E-state index >= 15 is 0 Å². The quantitative estimate of drug-likeness (QED) is 0.725. The fourth-order valence-electron chi connectivity index (χ4n) is 2.63. The smallest absolute Gasteiger partial charge is 0.325 e. The second-order valence-electron chi connectivity index (χ2n) is 7.13. The van der Waals surface area contributed by atoms with Gasteiger partial charge in [0.15, 0.2) is 0 Å². The lowest BCUT2D eigenvalue weighted by Crippen LogP contribution is -2.42. The first-order valence-electron chi connectivity index (χ1n) is 7.63. The van der Waals surface area contributed by atoms with Crippen LogP contribution in [0.2, 0.25) is 0 Å². The number of amides is 3. The number of nitrogens with zero attached hydrogens (tertiary/aromatic N) is 1. The van der Waals surface area contributed by atoms with Crippen LogP contribution in [0.25, 0.3) is 0 Å². The van der Waals surface area contributed by atoms with Crippen molar-refractivity contribution in [2.24, 2.45) is 0 Å². The maximum Gasteiger partial charge on any atom is 0.325 e. The van der Waals surface area contributed by atoms with Crippen LogP contribution >= 0.6 is 0 Å². The Balaban J connectivity index is 2.28. The van der Waals surface area contributed by atoms with E-state index in [1.165, 1.54) is 0 Å². The molecule has 0 bridgehead atoms. The number of rotatable bonds is 4. The van der Waals surface area contributed by atoms with Gasteiger partial charge in [0.1, 0.15) is 5.54 Å². The molecule has 1 aromatic carbocycles. The lowest BCUT2D eigenvalue weighted by atomic mass is 9.84. The van der Waals surface area contributed by atoms with Gasteiger partial charge in [0.25, 0.3) is 5.91 Å². The Morgan fingerprint density at radius 2 is 1.78 bits per heavy atom. The van der Waals surface area contributed by atoms with E-state index < -0.39 is 30.2 Å². The third-order valence-corrected chi connectivity index (χ3v) is 4.21. The third-order valence-electron chi connectivity index (χ3n) is 4.21. The van der Waals surface area contributed by atoms with E-state index in [1.54, 1.807) is 6.92 Å². The van der Waals surface area contributed by atoms with Crippen molar-refractivity contribution in [1.82, 2.24) is 10.2 Å². The van der Waals surface area contributed by atoms with Crippen LogP contribution in [0.4, 0.5) is 4.79 Å². The van der Waals surface area contributed by atoms with Crippen molar-refractivity contribution in [3.63, 3.8) is 0 Å². The van der Waals surface area contributed by atoms with E-state index in [2.05, 4.69) is 26.1 Å². The van der Waals surface area contributed by atoms with Gasteiger partial charge >= 0.3 is 6.03 Å². The fraction of sp³-hybridized carbons (Fsp3) is 0.529. The van der Waals surface area contributed by atoms with Gasteiger partial charge in [-0.15, -0.1) is 0 Å². The fourth-order valence-corrected chi connectivity index (χ4v) is 2.63. The number of imide groups is 1. The van der Waals surface area contributed by atoms with Crippen molar-refractivity contribution in [3.05, 3.63) is 35.4 Å². The first kappa shape index (κ1) is 17.4. The number of benzene rings is 1. The summed E-state index contributed by atoms with van der Waals surface area (Å²) < 4.78 is 0. The lowest BCUT2D eigenvalue weighted by molar-refractivity contribution is -0.132. The molecule has 0 saturated carbocycles. The van der Waals surface area contributed by atoms with Crippen LogP contribution in [0.15, 0.2) is 24.3 Å². The third kappa shape index (κ3) is 3.23. The summed E-state index contributed by atoms with van der Waals surface area (Å²) in [6, 6.07) is 7.01. The van der Waals surface area contributed by atoms with Crippen LogP contribution in [0, 0.1) is 0 Å². The van der Waals surface area contributed by atoms with E-state index in [0.717, 1.165) is 10.5 Å². The number of carbonyl (C=O) groups is 2. The van der Waals surface area contributed by atoms with Gasteiger partial charge in [-0.1, -0.05) is 45.0 Å². The van der Waals surface area contributed by atoms with Crippen LogP contribution < -0.4 is 5.32 Å². The van der Waals surface area contributed by atoms with Crippen molar-refractivity contribution < 1.29 is 19.8 Å². The van der Waals surface area contributed by atoms with E-state index in [-0.39, 0.29) is 12.0 Å². The summed E-state index contributed by atoms with van der Waals surface area (Å²) in [6.45, 7) is 7.22. The van der Waals surface area contributed by atoms with Crippen LogP contribution in [-0.2, 0) is 15.7 Å². The van der Waals surface area contributed by atoms with Gasteiger partial charge in [-0.3, -0.25) is 9.69 Å². The molecular formula is C17H24N2O4. The SMILES string of the molecule is CC(C)(C)c1ccc(C2(C)NC(=O)N(CC(O)CO)C2=O)cc1. The summed E-state index contributed by atoms with van der Waals surface area (Å²) in [7, 11) is 0. The minimum Gasteiger partial charge on any atom is -0.394 e. The minimum absolute atomic E-state index is 0.000358. The highest BCUT2D eigenvalue weighted by Crippen LogP contribution is 2.31. The molecule has 1 fully saturated rings. The predicted molar refractivity (Wildman–Crippen MR) is 85.8 cm³/mol. The maximum absolute atomic E-state index is 12.6. The van der Waals surface area contributed by atoms with Crippen LogP contribution in [0.5, 0.6) is 0 Å². The summed E-state index contributed by atoms with van der Waals surface area (Å²) in [5.74, 6) is -0.432. The van der Waals surface area contributed by atoms with Crippen molar-refractivity contribution in [2.45, 2.75) is 44.8 Å². The highest BCUT2D eigenvalue weighted by Gasteiger charge is 2.49. The summed E-state index contributed by atoms with van der Waals surface area (Å²) >= 11 is 0. The normalized spacial score (nSPS) is 23.1. The van der Waals surface area contributed by atoms with Crippen LogP contribution in [-0.4, -0.2) is 46.3 Å². The van der Waals surface area contributed by atoms with E-state index in [4.69, 9.17) is 5.11 Å². The number of β-amino-alcohol motifs (C(OH)–C–C–N with tert-alkyl or cyclic N) is 1. The summed E-state index contributed by atoms with van der Waals surface area (Å²) in [4.78, 5) is 25.6. The standard InChI is InChI=1S/C17H24N2O4/c1-16(2,3)11-5-7-12(8-6-11)17(4)14(22)19(15(23)18-17)9-13(21)10-20/h5-8,13,20-21H,9-10H2,1-4H3,(H,18,23). The molecule has 2 unspecified atom stereocenters. The topological polar surface area (TPSA) is 89.9 Å². The van der Waals surface area contributed by atoms with Crippen molar-refractivity contribution in [1.29, 1.82) is 0 Å². The number of hydrogen-bond acceptors (Lipinski definition) is 4. The highest BCUT2D eigenvalue weighted by atomic mass is 16.3. The van der Waals surface area contributed by atoms with E-state index in [1.807, 2.05) is 24.3 Å². The molecule has 6 nitrogen and oxygen atoms in total. The van der Waals surface area contributed by atoms with Gasteiger partial charge in [-0.25, -0.2) is 4.79 Å². The van der Waals surface area contributed by atoms with Gasteiger partial charge in [0.2, 0.25) is 0 Å². The zero-order chi connectivity index (χ0) is 17.4. The Labute approximate surface area is 136 Å². The number of hydrogen-bond donors (Lipinski definition) is 3. The average Bonchev–Trinajstić information content (AvgIpc) is 2.71. The molecule has 0 radical (unpaired) electrons. The first-order valence-corrected chi connectivity index (χ1v) is 7.63. The second-order valence-corrected chi connectivity index (χ2v) is 7.13. The molecule has 2 rings (SSSR count). The van der Waals surface area contributed by atoms with Gasteiger partial charge in [0.05, 0.1) is 19.3 Å². The molecule has 23 heavy (non-hydrogen) atoms. The summed E-state index contributed by atoms with van der Waals surface area (Å²) in [5.41, 5.74) is 0.654. The monoisotopic (exact) mass is 320 g/mol. The Hall–Kier alpha value is -1.92. The van der Waals surface area contributed by atoms with Crippen LogP contribution in [0.1, 0.15) is 38.8 Å². The van der Waals surface area contributed by atoms with Gasteiger partial charge in [-0.2, -0.15) is 0 Å². The summed E-state index contributed by atoms with van der Waals surface area (Å²) in [5, 5.41) is 21.1. The Kier molecular flexibility index (Phi) is 4.50. The maximum atomic E-state index is 12.6. The number of urea groups is 1. The van der Waals surface area contributed by atoms with Crippen molar-refractivity contribution in [3.8, 4) is 0 Å². The van der Waals surface area contributed by atoms with Crippen LogP contribution in [0.3, 0.4) is 0 Å². The Morgan fingerprint density at radius 1 is 1.22 bits per heavy atom. The van der Waals surface area contributed by atoms with Crippen molar-refractivity contribution >= 4 is 11.9 Å². The number of nitrogens with one attached hydrogen (secondary N) is 1. The molecule has 0 aromatic heterocycles. The molecule has 0 spiro atoms. The average molecular weight is 320 g/mol. The molecule has 6 heteroatoms. The highest BCUT2D eigenvalue weighted by molar-refractivity contribution is 6.07. The molecule has 1 aliphatic heterocycles. The molecule has 1 heterocycles. The molecule has 2 atom stereocenters. The zero-order valence-corrected chi connectivity index (χ0v) is 14.0. The number of aliphatic hydroxyl groups excluding tert-OH is 2. The molecule has 1 aliphatic rings. The molecule has 3 amide bonds. The lowest BCUT2D eigenvalue weighted by Gasteiger charge is -2.25. The molecule has 126 valence electrons. The van der Waals surface area contributed by atoms with Gasteiger partial charge < -0.3 is 15.5 Å². The van der Waals surface area contributed by atoms with E-state index in [0.29, 0.717) is 5.56 Å². The minimum atomic E-state index is -1.16. The zero-order valence-electron chi connectivity index (χ0n) is 14.0. The molecular weight excluding hydrogens is 296 g/mol. The summed E-state index contributed by atoms with van der Waals surface area (Å²) in [6.07, 6.45) is -1.14. The predicted octanol–water partition coefficient (Wildman–Crippen LogP) is 1.10. The Bertz CT molecular complexity index is 606. The van der Waals surface area contributed by atoms with Gasteiger partial charge in [0, 0.05) is 0 Å². The molecule has 0 aliphatic carbocycles. The number of aliphatic hydroxyl groups is 2. The molecule has 3 N–H and O–H groups in total. The second kappa shape index (κ2) is 5.94. The van der Waals surface area contributed by atoms with Gasteiger partial charge in [-0.05, 0) is 23.5 Å². The van der Waals surface area contributed by atoms with E-state index in [9.17, 15) is 14.7 Å². The Morgan fingerprint density at radius 3 is 2.26 bits per heavy atom. The first-order chi connectivity index (χ1) is 10.6. The number of carbonyl (C=O) groups excluding carboxylic acids is 2. The largest absolute Gasteiger partial charge is 0.394 e. The molecule has 1 saturated heterocycles. The molecule has 1 aromatic rings. The van der Waals surface area contributed by atoms with Crippen molar-refractivity contribution in [2.75, 3.05) is 13.2 Å².